The summed E-state index contributed by atoms with van der Waals surface area (Å²) in [5, 5.41) is 8.87. The lowest BCUT2D eigenvalue weighted by molar-refractivity contribution is 0.121. The zero-order valence-corrected chi connectivity index (χ0v) is 9.12. The Morgan fingerprint density at radius 1 is 1.40 bits per heavy atom. The first kappa shape index (κ1) is 11.5. The van der Waals surface area contributed by atoms with Crippen LogP contribution in [0.1, 0.15) is 24.5 Å². The summed E-state index contributed by atoms with van der Waals surface area (Å²) in [6.45, 7) is 3.36. The Balaban J connectivity index is 2.71. The van der Waals surface area contributed by atoms with Crippen molar-refractivity contribution in [2.24, 2.45) is 0 Å². The molecule has 0 aliphatic heterocycles. The van der Waals surface area contributed by atoms with Gasteiger partial charge in [0.25, 0.3) is 0 Å². The van der Waals surface area contributed by atoms with Crippen molar-refractivity contribution in [3.63, 3.8) is 0 Å². The molecular formula is C12H15NO2. The van der Waals surface area contributed by atoms with Crippen LogP contribution in [0.25, 0.3) is 0 Å². The van der Waals surface area contributed by atoms with Gasteiger partial charge in [0.2, 0.25) is 0 Å². The molecule has 0 heterocycles. The summed E-state index contributed by atoms with van der Waals surface area (Å²) in [6.07, 6.45) is 1.00. The molecule has 0 atom stereocenters. The van der Waals surface area contributed by atoms with Crippen molar-refractivity contribution >= 4 is 0 Å². The van der Waals surface area contributed by atoms with Gasteiger partial charge >= 0.3 is 0 Å². The third kappa shape index (κ3) is 3.26. The molecule has 0 aromatic heterocycles. The van der Waals surface area contributed by atoms with Crippen molar-refractivity contribution in [3.05, 3.63) is 29.3 Å². The lowest BCUT2D eigenvalue weighted by Gasteiger charge is -2.06. The molecule has 80 valence electrons. The Hall–Kier alpha value is -1.53. The molecule has 1 aromatic carbocycles. The summed E-state index contributed by atoms with van der Waals surface area (Å²) >= 11 is 0. The van der Waals surface area contributed by atoms with Crippen LogP contribution >= 0.6 is 0 Å². The van der Waals surface area contributed by atoms with Crippen LogP contribution in [0.2, 0.25) is 0 Å². The fraction of sp³-hybridized carbons (Fsp3) is 0.417. The second-order valence-corrected chi connectivity index (χ2v) is 3.20. The maximum atomic E-state index is 8.87. The molecule has 0 unspecified atom stereocenters. The second kappa shape index (κ2) is 6.05. The van der Waals surface area contributed by atoms with E-state index in [1.165, 1.54) is 0 Å². The number of ether oxygens (including phenoxy) is 2. The molecule has 0 amide bonds. The SMILES string of the molecule is CCCOCc1ccc(OC)c(C#N)c1. The molecule has 1 aromatic rings. The molecule has 0 saturated carbocycles. The maximum absolute atomic E-state index is 8.87. The largest absolute Gasteiger partial charge is 0.495 e. The predicted octanol–water partition coefficient (Wildman–Crippen LogP) is 2.49. The van der Waals surface area contributed by atoms with E-state index in [0.717, 1.165) is 18.6 Å². The van der Waals surface area contributed by atoms with Crippen molar-refractivity contribution in [2.45, 2.75) is 20.0 Å². The molecule has 15 heavy (non-hydrogen) atoms. The zero-order chi connectivity index (χ0) is 11.1. The van der Waals surface area contributed by atoms with E-state index in [2.05, 4.69) is 13.0 Å². The number of nitriles is 1. The molecule has 0 aliphatic carbocycles. The van der Waals surface area contributed by atoms with E-state index < -0.39 is 0 Å². The van der Waals surface area contributed by atoms with Crippen LogP contribution in [0.4, 0.5) is 0 Å². The summed E-state index contributed by atoms with van der Waals surface area (Å²) < 4.78 is 10.4. The van der Waals surface area contributed by atoms with Gasteiger partial charge < -0.3 is 9.47 Å². The lowest BCUT2D eigenvalue weighted by atomic mass is 10.1. The molecule has 0 radical (unpaired) electrons. The predicted molar refractivity (Wildman–Crippen MR) is 57.7 cm³/mol. The van der Waals surface area contributed by atoms with E-state index >= 15 is 0 Å². The normalized spacial score (nSPS) is 9.67. The summed E-state index contributed by atoms with van der Waals surface area (Å²) in [5.41, 5.74) is 1.55. The van der Waals surface area contributed by atoms with E-state index in [4.69, 9.17) is 14.7 Å². The van der Waals surface area contributed by atoms with Gasteiger partial charge in [-0.1, -0.05) is 13.0 Å². The summed E-state index contributed by atoms with van der Waals surface area (Å²) in [4.78, 5) is 0. The van der Waals surface area contributed by atoms with Crippen LogP contribution < -0.4 is 4.74 Å². The number of rotatable bonds is 5. The first-order chi connectivity index (χ1) is 7.31. The lowest BCUT2D eigenvalue weighted by Crippen LogP contribution is -1.96. The van der Waals surface area contributed by atoms with E-state index in [9.17, 15) is 0 Å². The number of hydrogen-bond donors (Lipinski definition) is 0. The number of methoxy groups -OCH3 is 1. The van der Waals surface area contributed by atoms with Crippen LogP contribution in [-0.4, -0.2) is 13.7 Å². The van der Waals surface area contributed by atoms with E-state index in [1.807, 2.05) is 6.07 Å². The van der Waals surface area contributed by atoms with Crippen molar-refractivity contribution in [1.29, 1.82) is 5.26 Å². The smallest absolute Gasteiger partial charge is 0.136 e. The quantitative estimate of drug-likeness (QED) is 0.693. The molecule has 1 rings (SSSR count). The minimum absolute atomic E-state index is 0.548. The molecule has 0 fully saturated rings. The van der Waals surface area contributed by atoms with Gasteiger partial charge in [-0.25, -0.2) is 0 Å². The summed E-state index contributed by atoms with van der Waals surface area (Å²) in [5.74, 6) is 0.608. The van der Waals surface area contributed by atoms with Gasteiger partial charge in [0, 0.05) is 6.61 Å². The molecular weight excluding hydrogens is 190 g/mol. The highest BCUT2D eigenvalue weighted by atomic mass is 16.5. The van der Waals surface area contributed by atoms with E-state index in [1.54, 1.807) is 19.2 Å². The summed E-state index contributed by atoms with van der Waals surface area (Å²) in [6, 6.07) is 7.60. The molecule has 0 N–H and O–H groups in total. The van der Waals surface area contributed by atoms with Gasteiger partial charge in [-0.2, -0.15) is 5.26 Å². The van der Waals surface area contributed by atoms with Gasteiger partial charge in [-0.3, -0.25) is 0 Å². The minimum atomic E-state index is 0.548. The molecule has 0 aliphatic rings. The average Bonchev–Trinajstić information content (AvgIpc) is 2.29. The van der Waals surface area contributed by atoms with Crippen LogP contribution in [-0.2, 0) is 11.3 Å². The van der Waals surface area contributed by atoms with E-state index in [-0.39, 0.29) is 0 Å². The van der Waals surface area contributed by atoms with Gasteiger partial charge in [0.1, 0.15) is 11.8 Å². The first-order valence-corrected chi connectivity index (χ1v) is 4.96. The molecule has 0 saturated heterocycles. The van der Waals surface area contributed by atoms with Crippen LogP contribution in [0.15, 0.2) is 18.2 Å². The van der Waals surface area contributed by atoms with Crippen molar-refractivity contribution in [2.75, 3.05) is 13.7 Å². The van der Waals surface area contributed by atoms with Gasteiger partial charge in [-0.15, -0.1) is 0 Å². The highest BCUT2D eigenvalue weighted by molar-refractivity contribution is 5.45. The molecule has 0 bridgehead atoms. The molecule has 3 nitrogen and oxygen atoms in total. The Morgan fingerprint density at radius 3 is 2.80 bits per heavy atom. The first-order valence-electron chi connectivity index (χ1n) is 4.96. The van der Waals surface area contributed by atoms with Gasteiger partial charge in [-0.05, 0) is 24.1 Å². The third-order valence-corrected chi connectivity index (χ3v) is 2.00. The number of nitrogens with zero attached hydrogens (tertiary/aromatic N) is 1. The highest BCUT2D eigenvalue weighted by Gasteiger charge is 2.03. The maximum Gasteiger partial charge on any atom is 0.136 e. The van der Waals surface area contributed by atoms with Gasteiger partial charge in [0.15, 0.2) is 0 Å². The van der Waals surface area contributed by atoms with Crippen molar-refractivity contribution < 1.29 is 9.47 Å². The fourth-order valence-corrected chi connectivity index (χ4v) is 1.27. The minimum Gasteiger partial charge on any atom is -0.495 e. The third-order valence-electron chi connectivity index (χ3n) is 2.00. The number of benzene rings is 1. The second-order valence-electron chi connectivity index (χ2n) is 3.20. The Kier molecular flexibility index (Phi) is 4.65. The highest BCUT2D eigenvalue weighted by Crippen LogP contribution is 2.19. The fourth-order valence-electron chi connectivity index (χ4n) is 1.27. The van der Waals surface area contributed by atoms with Crippen LogP contribution in [0, 0.1) is 11.3 Å². The Bertz CT molecular complexity index is 355. The standard InChI is InChI=1S/C12H15NO2/c1-3-6-15-9-10-4-5-12(14-2)11(7-10)8-13/h4-5,7H,3,6,9H2,1-2H3. The zero-order valence-electron chi connectivity index (χ0n) is 9.12. The monoisotopic (exact) mass is 205 g/mol. The van der Waals surface area contributed by atoms with Crippen molar-refractivity contribution in [3.8, 4) is 11.8 Å². The molecule has 0 spiro atoms. The van der Waals surface area contributed by atoms with Crippen LogP contribution in [0.3, 0.4) is 0 Å². The Labute approximate surface area is 90.2 Å². The van der Waals surface area contributed by atoms with Crippen molar-refractivity contribution in [1.82, 2.24) is 0 Å². The Morgan fingerprint density at radius 2 is 2.20 bits per heavy atom. The van der Waals surface area contributed by atoms with Crippen LogP contribution in [0.5, 0.6) is 5.75 Å². The molecule has 3 heteroatoms. The number of hydrogen-bond acceptors (Lipinski definition) is 3. The van der Waals surface area contributed by atoms with Gasteiger partial charge in [0.05, 0.1) is 19.3 Å². The van der Waals surface area contributed by atoms with E-state index in [0.29, 0.717) is 17.9 Å². The topological polar surface area (TPSA) is 42.2 Å². The summed E-state index contributed by atoms with van der Waals surface area (Å²) in [7, 11) is 1.56. The average molecular weight is 205 g/mol.